The monoisotopic (exact) mass is 364 g/mol. The number of ketones is 2. The van der Waals surface area contributed by atoms with Gasteiger partial charge in [0.1, 0.15) is 5.75 Å². The summed E-state index contributed by atoms with van der Waals surface area (Å²) < 4.78 is 0. The second-order valence-electron chi connectivity index (χ2n) is 5.11. The van der Waals surface area contributed by atoms with E-state index in [1.165, 1.54) is 17.7 Å². The quantitative estimate of drug-likeness (QED) is 0.523. The van der Waals surface area contributed by atoms with E-state index < -0.39 is 0 Å². The van der Waals surface area contributed by atoms with E-state index in [-0.39, 0.29) is 26.4 Å². The SMILES string of the molecule is C.C.CC.CC.CC1=CC(=O)C(C)=CC1=O.Cc1cc(C)c(O)cc1C. The predicted molar refractivity (Wildman–Crippen MR) is 116 cm³/mol. The van der Waals surface area contributed by atoms with Crippen LogP contribution in [0.5, 0.6) is 5.75 Å². The van der Waals surface area contributed by atoms with Gasteiger partial charge in [-0.1, -0.05) is 48.6 Å². The van der Waals surface area contributed by atoms with Crippen LogP contribution in [-0.4, -0.2) is 16.7 Å². The molecular formula is C23H40O3. The van der Waals surface area contributed by atoms with E-state index in [1.54, 1.807) is 19.9 Å². The number of aromatic hydroxyl groups is 1. The van der Waals surface area contributed by atoms with Crippen LogP contribution in [0.1, 0.15) is 73.1 Å². The Morgan fingerprint density at radius 1 is 0.615 bits per heavy atom. The average molecular weight is 365 g/mol. The lowest BCUT2D eigenvalue weighted by atomic mass is 10.00. The molecule has 1 aromatic carbocycles. The molecule has 26 heavy (non-hydrogen) atoms. The van der Waals surface area contributed by atoms with Crippen LogP contribution in [0.2, 0.25) is 0 Å². The van der Waals surface area contributed by atoms with Crippen molar-refractivity contribution < 1.29 is 14.7 Å². The molecule has 0 aromatic heterocycles. The molecule has 1 N–H and O–H groups in total. The van der Waals surface area contributed by atoms with Gasteiger partial charge in [0.2, 0.25) is 0 Å². The first-order valence-electron chi connectivity index (χ1n) is 8.44. The van der Waals surface area contributed by atoms with Crippen LogP contribution in [0.3, 0.4) is 0 Å². The molecule has 0 bridgehead atoms. The van der Waals surface area contributed by atoms with Crippen molar-refractivity contribution in [1.82, 2.24) is 0 Å². The van der Waals surface area contributed by atoms with Gasteiger partial charge in [-0.3, -0.25) is 9.59 Å². The Morgan fingerprint density at radius 2 is 0.923 bits per heavy atom. The maximum Gasteiger partial charge on any atom is 0.182 e. The summed E-state index contributed by atoms with van der Waals surface area (Å²) in [7, 11) is 0. The zero-order chi connectivity index (χ0) is 19.4. The number of phenolic OH excluding ortho intramolecular Hbond substituents is 1. The molecule has 0 fully saturated rings. The zero-order valence-corrected chi connectivity index (χ0v) is 16.6. The van der Waals surface area contributed by atoms with Gasteiger partial charge in [-0.2, -0.15) is 0 Å². The second-order valence-corrected chi connectivity index (χ2v) is 5.11. The molecule has 1 aromatic rings. The van der Waals surface area contributed by atoms with Crippen molar-refractivity contribution in [3.05, 3.63) is 52.1 Å². The lowest BCUT2D eigenvalue weighted by Gasteiger charge is -2.03. The summed E-state index contributed by atoms with van der Waals surface area (Å²) in [6, 6.07) is 3.79. The maximum absolute atomic E-state index is 10.9. The molecule has 0 heterocycles. The molecule has 0 saturated heterocycles. The van der Waals surface area contributed by atoms with Crippen LogP contribution < -0.4 is 0 Å². The van der Waals surface area contributed by atoms with Crippen molar-refractivity contribution in [2.45, 2.75) is 77.2 Å². The Hall–Kier alpha value is -2.16. The van der Waals surface area contributed by atoms with E-state index in [2.05, 4.69) is 0 Å². The number of benzene rings is 1. The van der Waals surface area contributed by atoms with Gasteiger partial charge in [-0.15, -0.1) is 0 Å². The van der Waals surface area contributed by atoms with E-state index in [9.17, 15) is 14.7 Å². The smallest absolute Gasteiger partial charge is 0.182 e. The summed E-state index contributed by atoms with van der Waals surface area (Å²) in [6.45, 7) is 17.2. The highest BCUT2D eigenvalue weighted by molar-refractivity contribution is 6.19. The predicted octanol–water partition coefficient (Wildman–Crippen LogP) is 6.67. The third-order valence-electron chi connectivity index (χ3n) is 3.28. The molecule has 3 heteroatoms. The highest BCUT2D eigenvalue weighted by atomic mass is 16.3. The number of allylic oxidation sites excluding steroid dienone is 4. The third-order valence-corrected chi connectivity index (χ3v) is 3.28. The summed E-state index contributed by atoms with van der Waals surface area (Å²) in [5, 5.41) is 9.22. The summed E-state index contributed by atoms with van der Waals surface area (Å²) in [5.74, 6) is 0.275. The lowest BCUT2D eigenvalue weighted by Crippen LogP contribution is -2.08. The van der Waals surface area contributed by atoms with Crippen molar-refractivity contribution >= 4 is 11.6 Å². The van der Waals surface area contributed by atoms with Crippen LogP contribution in [0.25, 0.3) is 0 Å². The Balaban J connectivity index is -0.000000147. The van der Waals surface area contributed by atoms with Crippen LogP contribution in [0, 0.1) is 20.8 Å². The van der Waals surface area contributed by atoms with Crippen LogP contribution in [-0.2, 0) is 9.59 Å². The van der Waals surface area contributed by atoms with Crippen molar-refractivity contribution in [1.29, 1.82) is 0 Å². The Bertz CT molecular complexity index is 542. The van der Waals surface area contributed by atoms with E-state index >= 15 is 0 Å². The maximum atomic E-state index is 10.9. The van der Waals surface area contributed by atoms with Gasteiger partial charge in [0.15, 0.2) is 11.6 Å². The van der Waals surface area contributed by atoms with Gasteiger partial charge in [0.25, 0.3) is 0 Å². The van der Waals surface area contributed by atoms with Crippen LogP contribution in [0.15, 0.2) is 35.4 Å². The lowest BCUT2D eigenvalue weighted by molar-refractivity contribution is -0.115. The molecule has 0 radical (unpaired) electrons. The average Bonchev–Trinajstić information content (AvgIpc) is 2.56. The van der Waals surface area contributed by atoms with Gasteiger partial charge in [-0.25, -0.2) is 0 Å². The molecular weight excluding hydrogens is 324 g/mol. The first-order valence-corrected chi connectivity index (χ1v) is 8.44. The summed E-state index contributed by atoms with van der Waals surface area (Å²) in [4.78, 5) is 21.7. The minimum absolute atomic E-state index is 0. The van der Waals surface area contributed by atoms with E-state index in [0.29, 0.717) is 16.9 Å². The first-order chi connectivity index (χ1) is 11.2. The molecule has 0 atom stereocenters. The van der Waals surface area contributed by atoms with E-state index in [1.807, 2.05) is 54.5 Å². The van der Waals surface area contributed by atoms with Gasteiger partial charge >= 0.3 is 0 Å². The second kappa shape index (κ2) is 16.3. The number of hydrogen-bond acceptors (Lipinski definition) is 3. The molecule has 2 rings (SSSR count). The molecule has 1 aliphatic carbocycles. The molecule has 0 aliphatic heterocycles. The van der Waals surface area contributed by atoms with Gasteiger partial charge in [-0.05, 0) is 69.5 Å². The fraction of sp³-hybridized carbons (Fsp3) is 0.478. The molecule has 150 valence electrons. The van der Waals surface area contributed by atoms with E-state index in [0.717, 1.165) is 11.1 Å². The zero-order valence-electron chi connectivity index (χ0n) is 16.6. The number of carbonyl (C=O) groups excluding carboxylic acids is 2. The van der Waals surface area contributed by atoms with Crippen molar-refractivity contribution in [3.63, 3.8) is 0 Å². The number of carbonyl (C=O) groups is 2. The van der Waals surface area contributed by atoms with Crippen molar-refractivity contribution in [2.24, 2.45) is 0 Å². The summed E-state index contributed by atoms with van der Waals surface area (Å²) >= 11 is 0. The largest absolute Gasteiger partial charge is 0.508 e. The molecule has 1 aliphatic rings. The fourth-order valence-electron chi connectivity index (χ4n) is 1.71. The Kier molecular flexibility index (Phi) is 19.8. The van der Waals surface area contributed by atoms with E-state index in [4.69, 9.17) is 0 Å². The first kappa shape index (κ1) is 31.6. The summed E-state index contributed by atoms with van der Waals surface area (Å²) in [5.41, 5.74) is 4.37. The van der Waals surface area contributed by atoms with Crippen LogP contribution >= 0.6 is 0 Å². The number of aryl methyl sites for hydroxylation is 3. The molecule has 3 nitrogen and oxygen atoms in total. The standard InChI is InChI=1S/C9H12O.C8H8O2.2C2H6.2CH4/c1-6-4-8(3)9(10)5-7(6)2;1-5-3-8(10)6(2)4-7(5)9;2*1-2;;/h4-5,10H,1-3H3;3-4H,1-2H3;2*1-2H3;2*1H4. The molecule has 0 spiro atoms. The van der Waals surface area contributed by atoms with Gasteiger partial charge in [0.05, 0.1) is 0 Å². The van der Waals surface area contributed by atoms with Gasteiger partial charge < -0.3 is 5.11 Å². The minimum Gasteiger partial charge on any atom is -0.508 e. The Labute approximate surface area is 161 Å². The molecule has 0 saturated carbocycles. The number of hydrogen-bond donors (Lipinski definition) is 1. The highest BCUT2D eigenvalue weighted by Gasteiger charge is 2.12. The topological polar surface area (TPSA) is 54.4 Å². The van der Waals surface area contributed by atoms with Crippen LogP contribution in [0.4, 0.5) is 0 Å². The molecule has 0 unspecified atom stereocenters. The number of phenols is 1. The summed E-state index contributed by atoms with van der Waals surface area (Å²) in [6.07, 6.45) is 2.75. The normalized spacial score (nSPS) is 11.4. The van der Waals surface area contributed by atoms with Gasteiger partial charge in [0, 0.05) is 11.1 Å². The Morgan fingerprint density at radius 3 is 1.23 bits per heavy atom. The number of rotatable bonds is 0. The van der Waals surface area contributed by atoms with Crippen molar-refractivity contribution in [2.75, 3.05) is 0 Å². The fourth-order valence-corrected chi connectivity index (χ4v) is 1.71. The van der Waals surface area contributed by atoms with Crippen molar-refractivity contribution in [3.8, 4) is 5.75 Å². The third kappa shape index (κ3) is 10.7. The highest BCUT2D eigenvalue weighted by Crippen LogP contribution is 2.19. The molecule has 0 amide bonds. The minimum atomic E-state index is -0.0582.